The second kappa shape index (κ2) is 3.37. The molecule has 5 heteroatoms. The van der Waals surface area contributed by atoms with Crippen LogP contribution in [0.15, 0.2) is 29.6 Å². The standard InChI is InChI=1S/C7H7N3S2/c1-11-12-7-4-2-3-6-8-5-9-10(6)7/h2-5H,1H3. The average Bonchev–Trinajstić information content (AvgIpc) is 2.53. The lowest BCUT2D eigenvalue weighted by Crippen LogP contribution is -1.89. The van der Waals surface area contributed by atoms with E-state index in [1.165, 1.54) is 0 Å². The molecular weight excluding hydrogens is 190 g/mol. The Morgan fingerprint density at radius 3 is 3.17 bits per heavy atom. The fourth-order valence-corrected chi connectivity index (χ4v) is 2.38. The number of fused-ring (bicyclic) bond motifs is 1. The van der Waals surface area contributed by atoms with E-state index in [2.05, 4.69) is 10.1 Å². The lowest BCUT2D eigenvalue weighted by Gasteiger charge is -1.98. The van der Waals surface area contributed by atoms with Crippen LogP contribution in [0.2, 0.25) is 0 Å². The predicted octanol–water partition coefficient (Wildman–Crippen LogP) is 2.10. The highest BCUT2D eigenvalue weighted by Crippen LogP contribution is 2.27. The van der Waals surface area contributed by atoms with Gasteiger partial charge in [0.15, 0.2) is 5.65 Å². The van der Waals surface area contributed by atoms with E-state index in [9.17, 15) is 0 Å². The van der Waals surface area contributed by atoms with E-state index in [0.29, 0.717) is 0 Å². The van der Waals surface area contributed by atoms with Gasteiger partial charge < -0.3 is 0 Å². The van der Waals surface area contributed by atoms with Crippen LogP contribution >= 0.6 is 21.6 Å². The normalized spacial score (nSPS) is 10.8. The number of nitrogens with zero attached hydrogens (tertiary/aromatic N) is 3. The summed E-state index contributed by atoms with van der Waals surface area (Å²) in [6.45, 7) is 0. The van der Waals surface area contributed by atoms with Crippen molar-refractivity contribution in [1.82, 2.24) is 14.6 Å². The van der Waals surface area contributed by atoms with Gasteiger partial charge in [0, 0.05) is 0 Å². The number of hydrogen-bond acceptors (Lipinski definition) is 4. The van der Waals surface area contributed by atoms with Gasteiger partial charge in [0.2, 0.25) is 0 Å². The maximum absolute atomic E-state index is 4.11. The molecule has 0 spiro atoms. The maximum Gasteiger partial charge on any atom is 0.156 e. The van der Waals surface area contributed by atoms with E-state index < -0.39 is 0 Å². The monoisotopic (exact) mass is 197 g/mol. The summed E-state index contributed by atoms with van der Waals surface area (Å²) in [5, 5.41) is 5.22. The fraction of sp³-hybridized carbons (Fsp3) is 0.143. The molecule has 0 aliphatic heterocycles. The summed E-state index contributed by atoms with van der Waals surface area (Å²) in [4.78, 5) is 4.09. The van der Waals surface area contributed by atoms with Crippen LogP contribution < -0.4 is 0 Å². The first-order chi connectivity index (χ1) is 5.92. The minimum Gasteiger partial charge on any atom is -0.215 e. The summed E-state index contributed by atoms with van der Waals surface area (Å²) < 4.78 is 1.83. The molecule has 0 aromatic carbocycles. The van der Waals surface area contributed by atoms with E-state index in [0.717, 1.165) is 10.7 Å². The Bertz CT molecular complexity index is 385. The molecule has 12 heavy (non-hydrogen) atoms. The average molecular weight is 197 g/mol. The van der Waals surface area contributed by atoms with Crippen molar-refractivity contribution >= 4 is 27.2 Å². The quantitative estimate of drug-likeness (QED) is 0.690. The van der Waals surface area contributed by atoms with Gasteiger partial charge in [-0.15, -0.1) is 0 Å². The molecule has 0 bridgehead atoms. The molecule has 0 aliphatic carbocycles. The Hall–Kier alpha value is -0.680. The van der Waals surface area contributed by atoms with Crippen molar-refractivity contribution in [3.8, 4) is 0 Å². The third kappa shape index (κ3) is 1.30. The van der Waals surface area contributed by atoms with Gasteiger partial charge in [-0.25, -0.2) is 9.50 Å². The predicted molar refractivity (Wildman–Crippen MR) is 52.4 cm³/mol. The fourth-order valence-electron chi connectivity index (χ4n) is 0.969. The van der Waals surface area contributed by atoms with E-state index in [1.54, 1.807) is 27.9 Å². The number of pyridine rings is 1. The van der Waals surface area contributed by atoms with Gasteiger partial charge in [-0.2, -0.15) is 5.10 Å². The van der Waals surface area contributed by atoms with Gasteiger partial charge in [-0.3, -0.25) is 0 Å². The molecule has 0 unspecified atom stereocenters. The first-order valence-electron chi connectivity index (χ1n) is 3.41. The second-order valence-corrected chi connectivity index (χ2v) is 4.56. The van der Waals surface area contributed by atoms with Crippen molar-refractivity contribution in [2.24, 2.45) is 0 Å². The van der Waals surface area contributed by atoms with Crippen LogP contribution in [0, 0.1) is 0 Å². The summed E-state index contributed by atoms with van der Waals surface area (Å²) in [5.41, 5.74) is 0.897. The van der Waals surface area contributed by atoms with Crippen LogP contribution in [0.1, 0.15) is 0 Å². The Balaban J connectivity index is 2.57. The Morgan fingerprint density at radius 1 is 1.42 bits per heavy atom. The van der Waals surface area contributed by atoms with Gasteiger partial charge in [-0.1, -0.05) is 16.9 Å². The van der Waals surface area contributed by atoms with Crippen LogP contribution in [-0.2, 0) is 0 Å². The lowest BCUT2D eigenvalue weighted by atomic mass is 10.5. The SMILES string of the molecule is CSSc1cccc2ncnn12. The first-order valence-corrected chi connectivity index (χ1v) is 5.97. The van der Waals surface area contributed by atoms with Crippen LogP contribution in [0.5, 0.6) is 0 Å². The Morgan fingerprint density at radius 2 is 2.33 bits per heavy atom. The van der Waals surface area contributed by atoms with Crippen molar-refractivity contribution in [2.45, 2.75) is 5.03 Å². The molecule has 0 aliphatic rings. The molecule has 0 amide bonds. The zero-order chi connectivity index (χ0) is 8.39. The topological polar surface area (TPSA) is 30.2 Å². The highest BCUT2D eigenvalue weighted by molar-refractivity contribution is 8.76. The van der Waals surface area contributed by atoms with E-state index >= 15 is 0 Å². The van der Waals surface area contributed by atoms with Crippen molar-refractivity contribution in [1.29, 1.82) is 0 Å². The highest BCUT2D eigenvalue weighted by atomic mass is 33.1. The minimum absolute atomic E-state index is 0.897. The van der Waals surface area contributed by atoms with Crippen molar-refractivity contribution in [3.05, 3.63) is 24.5 Å². The van der Waals surface area contributed by atoms with Crippen LogP contribution in [0.3, 0.4) is 0 Å². The summed E-state index contributed by atoms with van der Waals surface area (Å²) >= 11 is 0. The molecule has 0 saturated carbocycles. The zero-order valence-corrected chi connectivity index (χ0v) is 8.10. The second-order valence-electron chi connectivity index (χ2n) is 2.14. The summed E-state index contributed by atoms with van der Waals surface area (Å²) in [6, 6.07) is 5.96. The smallest absolute Gasteiger partial charge is 0.156 e. The third-order valence-corrected chi connectivity index (χ3v) is 3.09. The minimum atomic E-state index is 0.897. The largest absolute Gasteiger partial charge is 0.215 e. The lowest BCUT2D eigenvalue weighted by molar-refractivity contribution is 0.865. The van der Waals surface area contributed by atoms with Crippen LogP contribution in [0.4, 0.5) is 0 Å². The molecule has 62 valence electrons. The molecule has 0 N–H and O–H groups in total. The molecule has 2 aromatic rings. The molecule has 0 atom stereocenters. The maximum atomic E-state index is 4.11. The molecule has 3 nitrogen and oxygen atoms in total. The van der Waals surface area contributed by atoms with Crippen molar-refractivity contribution in [3.63, 3.8) is 0 Å². The number of rotatable bonds is 2. The zero-order valence-electron chi connectivity index (χ0n) is 6.47. The van der Waals surface area contributed by atoms with Crippen LogP contribution in [-0.4, -0.2) is 20.9 Å². The Labute approximate surface area is 78.0 Å². The van der Waals surface area contributed by atoms with Gasteiger partial charge in [-0.05, 0) is 29.2 Å². The molecule has 2 rings (SSSR count). The molecule has 2 aromatic heterocycles. The van der Waals surface area contributed by atoms with Crippen molar-refractivity contribution in [2.75, 3.05) is 6.26 Å². The number of aromatic nitrogens is 3. The van der Waals surface area contributed by atoms with Gasteiger partial charge >= 0.3 is 0 Å². The van der Waals surface area contributed by atoms with Crippen molar-refractivity contribution < 1.29 is 0 Å². The van der Waals surface area contributed by atoms with E-state index in [1.807, 2.05) is 29.0 Å². The van der Waals surface area contributed by atoms with E-state index in [-0.39, 0.29) is 0 Å². The molecule has 0 saturated heterocycles. The molecule has 0 radical (unpaired) electrons. The van der Waals surface area contributed by atoms with Gasteiger partial charge in [0.05, 0.1) is 0 Å². The summed E-state index contributed by atoms with van der Waals surface area (Å²) in [5.74, 6) is 0. The molecule has 2 heterocycles. The van der Waals surface area contributed by atoms with Crippen LogP contribution in [0.25, 0.3) is 5.65 Å². The number of hydrogen-bond donors (Lipinski definition) is 0. The summed E-state index contributed by atoms with van der Waals surface area (Å²) in [7, 11) is 3.39. The Kier molecular flexibility index (Phi) is 2.23. The third-order valence-electron chi connectivity index (χ3n) is 1.44. The van der Waals surface area contributed by atoms with Gasteiger partial charge in [0.1, 0.15) is 11.4 Å². The first kappa shape index (κ1) is 7.94. The summed E-state index contributed by atoms with van der Waals surface area (Å²) in [6.07, 6.45) is 3.61. The molecular formula is C7H7N3S2. The van der Waals surface area contributed by atoms with Gasteiger partial charge in [0.25, 0.3) is 0 Å². The molecule has 0 fully saturated rings. The highest BCUT2D eigenvalue weighted by Gasteiger charge is 2.00. The van der Waals surface area contributed by atoms with E-state index in [4.69, 9.17) is 0 Å².